The molecule has 1 aromatic rings. The summed E-state index contributed by atoms with van der Waals surface area (Å²) in [6.45, 7) is 1.11. The summed E-state index contributed by atoms with van der Waals surface area (Å²) >= 11 is 5.67. The molecule has 2 rings (SSSR count). The second-order valence-corrected chi connectivity index (χ2v) is 5.95. The van der Waals surface area contributed by atoms with Crippen LogP contribution in [-0.2, 0) is 14.8 Å². The van der Waals surface area contributed by atoms with E-state index in [1.165, 1.54) is 18.3 Å². The van der Waals surface area contributed by atoms with E-state index in [1.54, 1.807) is 0 Å². The fourth-order valence-electron chi connectivity index (χ4n) is 1.67. The number of nitrogens with one attached hydrogen (secondary N) is 1. The number of hydrogen-bond acceptors (Lipinski definition) is 4. The molecule has 94 valence electrons. The first kappa shape index (κ1) is 12.8. The molecular formula is C10H13ClN2O3S. The molecule has 5 nitrogen and oxygen atoms in total. The largest absolute Gasteiger partial charge is 0.380 e. The first-order valence-corrected chi connectivity index (χ1v) is 7.16. The van der Waals surface area contributed by atoms with Crippen molar-refractivity contribution in [3.8, 4) is 0 Å². The summed E-state index contributed by atoms with van der Waals surface area (Å²) in [6.07, 6.45) is 3.02. The Bertz CT molecular complexity index is 486. The van der Waals surface area contributed by atoms with Gasteiger partial charge >= 0.3 is 0 Å². The number of pyridine rings is 1. The molecular weight excluding hydrogens is 264 g/mol. The molecule has 1 atom stereocenters. The summed E-state index contributed by atoms with van der Waals surface area (Å²) in [5, 5.41) is 0.160. The maximum atomic E-state index is 12.0. The Morgan fingerprint density at radius 3 is 3.00 bits per heavy atom. The molecule has 0 saturated carbocycles. The molecule has 0 aliphatic carbocycles. The van der Waals surface area contributed by atoms with Crippen molar-refractivity contribution in [3.63, 3.8) is 0 Å². The van der Waals surface area contributed by atoms with Crippen LogP contribution in [0.4, 0.5) is 0 Å². The van der Waals surface area contributed by atoms with Crippen LogP contribution in [0.2, 0.25) is 5.15 Å². The minimum Gasteiger partial charge on any atom is -0.380 e. The number of ether oxygens (including phenoxy) is 1. The summed E-state index contributed by atoms with van der Waals surface area (Å²) in [6, 6.07) is 2.58. The van der Waals surface area contributed by atoms with Gasteiger partial charge in [-0.1, -0.05) is 11.6 Å². The molecule has 1 N–H and O–H groups in total. The zero-order valence-electron chi connectivity index (χ0n) is 9.10. The van der Waals surface area contributed by atoms with E-state index in [2.05, 4.69) is 9.71 Å². The normalized spacial score (nSPS) is 21.4. The highest BCUT2D eigenvalue weighted by Gasteiger charge is 2.22. The van der Waals surface area contributed by atoms with E-state index in [-0.39, 0.29) is 16.1 Å². The molecule has 1 fully saturated rings. The lowest BCUT2D eigenvalue weighted by atomic mass is 10.1. The van der Waals surface area contributed by atoms with E-state index >= 15 is 0 Å². The van der Waals surface area contributed by atoms with Crippen LogP contribution in [-0.4, -0.2) is 32.7 Å². The third-order valence-corrected chi connectivity index (χ3v) is 4.22. The molecule has 17 heavy (non-hydrogen) atoms. The van der Waals surface area contributed by atoms with Gasteiger partial charge in [-0.2, -0.15) is 0 Å². The Morgan fingerprint density at radius 1 is 1.53 bits per heavy atom. The predicted molar refractivity (Wildman–Crippen MR) is 63.4 cm³/mol. The smallest absolute Gasteiger partial charge is 0.241 e. The number of sulfonamides is 1. The second-order valence-electron chi connectivity index (χ2n) is 3.85. The van der Waals surface area contributed by atoms with Gasteiger partial charge in [0.05, 0.1) is 11.5 Å². The van der Waals surface area contributed by atoms with Crippen LogP contribution < -0.4 is 4.72 Å². The zero-order valence-corrected chi connectivity index (χ0v) is 10.7. The van der Waals surface area contributed by atoms with Crippen molar-refractivity contribution >= 4 is 21.6 Å². The minimum atomic E-state index is -3.54. The molecule has 0 bridgehead atoms. The number of rotatable bonds is 3. The van der Waals surface area contributed by atoms with Crippen LogP contribution in [0.1, 0.15) is 12.8 Å². The van der Waals surface area contributed by atoms with Crippen LogP contribution in [0, 0.1) is 0 Å². The van der Waals surface area contributed by atoms with Gasteiger partial charge < -0.3 is 4.74 Å². The van der Waals surface area contributed by atoms with Crippen molar-refractivity contribution < 1.29 is 13.2 Å². The summed E-state index contributed by atoms with van der Waals surface area (Å²) < 4.78 is 31.8. The Labute approximate surface area is 105 Å². The van der Waals surface area contributed by atoms with Gasteiger partial charge in [-0.3, -0.25) is 0 Å². The maximum absolute atomic E-state index is 12.0. The maximum Gasteiger partial charge on any atom is 0.241 e. The van der Waals surface area contributed by atoms with E-state index in [0.29, 0.717) is 13.2 Å². The second kappa shape index (κ2) is 5.30. The van der Waals surface area contributed by atoms with Gasteiger partial charge in [-0.15, -0.1) is 0 Å². The number of aromatic nitrogens is 1. The molecule has 0 amide bonds. The molecule has 7 heteroatoms. The van der Waals surface area contributed by atoms with E-state index in [1.807, 2.05) is 0 Å². The predicted octanol–water partition coefficient (Wildman–Crippen LogP) is 1.19. The standard InChI is InChI=1S/C10H13ClN2O3S/c11-10-6-9(3-4-12-10)17(14,15)13-8-2-1-5-16-7-8/h3-4,6,8,13H,1-2,5,7H2. The van der Waals surface area contributed by atoms with Crippen LogP contribution >= 0.6 is 11.6 Å². The minimum absolute atomic E-state index is 0.128. The highest BCUT2D eigenvalue weighted by molar-refractivity contribution is 7.89. The zero-order chi connectivity index (χ0) is 12.3. The summed E-state index contributed by atoms with van der Waals surface area (Å²) in [5.74, 6) is 0. The van der Waals surface area contributed by atoms with E-state index in [0.717, 1.165) is 12.8 Å². The first-order chi connectivity index (χ1) is 8.08. The van der Waals surface area contributed by atoms with Crippen LogP contribution in [0.25, 0.3) is 0 Å². The number of nitrogens with zero attached hydrogens (tertiary/aromatic N) is 1. The molecule has 0 radical (unpaired) electrons. The molecule has 0 spiro atoms. The molecule has 1 aromatic heterocycles. The fourth-order valence-corrected chi connectivity index (χ4v) is 3.18. The molecule has 1 unspecified atom stereocenters. The Balaban J connectivity index is 2.13. The highest BCUT2D eigenvalue weighted by atomic mass is 35.5. The Kier molecular flexibility index (Phi) is 3.98. The average molecular weight is 277 g/mol. The quantitative estimate of drug-likeness (QED) is 0.842. The van der Waals surface area contributed by atoms with Gasteiger partial charge in [0, 0.05) is 18.8 Å². The summed E-state index contributed by atoms with van der Waals surface area (Å²) in [4.78, 5) is 3.88. The van der Waals surface area contributed by atoms with E-state index in [4.69, 9.17) is 16.3 Å². The van der Waals surface area contributed by atoms with Gasteiger partial charge in [0.15, 0.2) is 0 Å². The summed E-state index contributed by atoms with van der Waals surface area (Å²) in [7, 11) is -3.54. The molecule has 1 saturated heterocycles. The van der Waals surface area contributed by atoms with Crippen molar-refractivity contribution in [3.05, 3.63) is 23.5 Å². The van der Waals surface area contributed by atoms with Crippen LogP contribution in [0.15, 0.2) is 23.2 Å². The molecule has 0 aromatic carbocycles. The van der Waals surface area contributed by atoms with Gasteiger partial charge in [0.25, 0.3) is 0 Å². The Morgan fingerprint density at radius 2 is 2.35 bits per heavy atom. The van der Waals surface area contributed by atoms with Crippen molar-refractivity contribution in [1.29, 1.82) is 0 Å². The lowest BCUT2D eigenvalue weighted by Gasteiger charge is -2.22. The SMILES string of the molecule is O=S(=O)(NC1CCCOC1)c1ccnc(Cl)c1. The monoisotopic (exact) mass is 276 g/mol. The molecule has 1 aliphatic heterocycles. The van der Waals surface area contributed by atoms with Gasteiger partial charge in [-0.25, -0.2) is 18.1 Å². The lowest BCUT2D eigenvalue weighted by Crippen LogP contribution is -2.40. The van der Waals surface area contributed by atoms with Crippen molar-refractivity contribution in [2.24, 2.45) is 0 Å². The summed E-state index contributed by atoms with van der Waals surface area (Å²) in [5.41, 5.74) is 0. The van der Waals surface area contributed by atoms with Crippen molar-refractivity contribution in [1.82, 2.24) is 9.71 Å². The third-order valence-electron chi connectivity index (χ3n) is 2.49. The first-order valence-electron chi connectivity index (χ1n) is 5.29. The average Bonchev–Trinajstić information content (AvgIpc) is 2.30. The van der Waals surface area contributed by atoms with E-state index < -0.39 is 10.0 Å². The topological polar surface area (TPSA) is 68.3 Å². The lowest BCUT2D eigenvalue weighted by molar-refractivity contribution is 0.0774. The van der Waals surface area contributed by atoms with Crippen molar-refractivity contribution in [2.45, 2.75) is 23.8 Å². The van der Waals surface area contributed by atoms with Crippen molar-refractivity contribution in [2.75, 3.05) is 13.2 Å². The van der Waals surface area contributed by atoms with Crippen LogP contribution in [0.5, 0.6) is 0 Å². The fraction of sp³-hybridized carbons (Fsp3) is 0.500. The van der Waals surface area contributed by atoms with Crippen LogP contribution in [0.3, 0.4) is 0 Å². The Hall–Kier alpha value is -0.690. The highest BCUT2D eigenvalue weighted by Crippen LogP contribution is 2.15. The molecule has 1 aliphatic rings. The number of hydrogen-bond donors (Lipinski definition) is 1. The third kappa shape index (κ3) is 3.38. The van der Waals surface area contributed by atoms with Gasteiger partial charge in [0.2, 0.25) is 10.0 Å². The van der Waals surface area contributed by atoms with Gasteiger partial charge in [0.1, 0.15) is 5.15 Å². The van der Waals surface area contributed by atoms with E-state index in [9.17, 15) is 8.42 Å². The molecule has 2 heterocycles. The number of halogens is 1. The van der Waals surface area contributed by atoms with Gasteiger partial charge in [-0.05, 0) is 25.0 Å².